The van der Waals surface area contributed by atoms with Crippen molar-refractivity contribution < 1.29 is 32.5 Å². The minimum atomic E-state index is -4.84. The van der Waals surface area contributed by atoms with Crippen molar-refractivity contribution >= 4 is 16.9 Å². The second kappa shape index (κ2) is 9.16. The summed E-state index contributed by atoms with van der Waals surface area (Å²) in [5.74, 6) is -0.448. The molecule has 0 unspecified atom stereocenters. The number of halogens is 3. The molecule has 0 aliphatic heterocycles. The number of methoxy groups -OCH3 is 1. The first-order valence-electron chi connectivity index (χ1n) is 9.17. The molecule has 3 rings (SSSR count). The first-order valence-corrected chi connectivity index (χ1v) is 9.17. The summed E-state index contributed by atoms with van der Waals surface area (Å²) in [6.45, 7) is -0.292. The molecule has 0 atom stereocenters. The number of nitrogens with zero attached hydrogens (tertiary/aromatic N) is 4. The molecule has 0 amide bonds. The molecule has 166 valence electrons. The van der Waals surface area contributed by atoms with E-state index in [1.54, 1.807) is 24.3 Å². The molecule has 0 bridgehead atoms. The minimum Gasteiger partial charge on any atom is -0.497 e. The van der Waals surface area contributed by atoms with Gasteiger partial charge in [-0.1, -0.05) is 12.1 Å². The number of aliphatic carboxylic acids is 1. The number of aromatic nitrogens is 4. The van der Waals surface area contributed by atoms with E-state index in [-0.39, 0.29) is 38.2 Å². The van der Waals surface area contributed by atoms with Crippen LogP contribution < -0.4 is 10.3 Å². The van der Waals surface area contributed by atoms with Crippen LogP contribution in [0, 0.1) is 0 Å². The molecule has 0 saturated carbocycles. The maximum Gasteiger partial charge on any atom is 0.435 e. The predicted molar refractivity (Wildman–Crippen MR) is 102 cm³/mol. The number of carbonyl (C=O) groups is 1. The highest BCUT2D eigenvalue weighted by Crippen LogP contribution is 2.32. The summed E-state index contributed by atoms with van der Waals surface area (Å²) in [4.78, 5) is 23.3. The van der Waals surface area contributed by atoms with Crippen LogP contribution >= 0.6 is 0 Å². The third-order valence-corrected chi connectivity index (χ3v) is 4.43. The van der Waals surface area contributed by atoms with Gasteiger partial charge in [0.2, 0.25) is 0 Å². The van der Waals surface area contributed by atoms with E-state index >= 15 is 0 Å². The van der Waals surface area contributed by atoms with Gasteiger partial charge in [-0.05, 0) is 17.7 Å². The van der Waals surface area contributed by atoms with E-state index in [2.05, 4.69) is 10.2 Å². The van der Waals surface area contributed by atoms with Gasteiger partial charge in [0, 0.05) is 0 Å². The maximum absolute atomic E-state index is 13.5. The van der Waals surface area contributed by atoms with E-state index < -0.39 is 28.8 Å². The van der Waals surface area contributed by atoms with Gasteiger partial charge in [-0.15, -0.1) is 0 Å². The molecule has 3 aromatic rings. The summed E-state index contributed by atoms with van der Waals surface area (Å²) in [7, 11) is 1.50. The molecule has 0 fully saturated rings. The SMILES string of the molecule is COc1ccc(Cn2ncc3c(c(C(F)(F)F)nn3CCOCCC(=O)O)c2=O)cc1. The van der Waals surface area contributed by atoms with Gasteiger partial charge in [0.05, 0.1) is 51.5 Å². The van der Waals surface area contributed by atoms with E-state index in [1.807, 2.05) is 0 Å². The smallest absolute Gasteiger partial charge is 0.435 e. The Morgan fingerprint density at radius 2 is 1.87 bits per heavy atom. The summed E-state index contributed by atoms with van der Waals surface area (Å²) in [5, 5.41) is 15.5. The van der Waals surface area contributed by atoms with Crippen molar-refractivity contribution in [1.82, 2.24) is 19.6 Å². The Kier molecular flexibility index (Phi) is 6.59. The number of carboxylic acids is 1. The van der Waals surface area contributed by atoms with Gasteiger partial charge < -0.3 is 14.6 Å². The molecule has 12 heteroatoms. The first kappa shape index (κ1) is 22.3. The Balaban J connectivity index is 1.91. The second-order valence-electron chi connectivity index (χ2n) is 6.54. The molecule has 1 aromatic carbocycles. The highest BCUT2D eigenvalue weighted by Gasteiger charge is 2.38. The van der Waals surface area contributed by atoms with Crippen LogP contribution in [0.5, 0.6) is 5.75 Å². The average Bonchev–Trinajstić information content (AvgIpc) is 3.10. The van der Waals surface area contributed by atoms with Gasteiger partial charge in [0.15, 0.2) is 5.69 Å². The van der Waals surface area contributed by atoms with Crippen molar-refractivity contribution in [2.75, 3.05) is 20.3 Å². The van der Waals surface area contributed by atoms with Crippen molar-refractivity contribution in [1.29, 1.82) is 0 Å². The Bertz CT molecular complexity index is 1120. The maximum atomic E-state index is 13.5. The van der Waals surface area contributed by atoms with Gasteiger partial charge in [0.25, 0.3) is 5.56 Å². The van der Waals surface area contributed by atoms with Crippen LogP contribution in [0.15, 0.2) is 35.3 Å². The normalized spacial score (nSPS) is 11.7. The standard InChI is InChI=1S/C19H19F3N4O5/c1-30-13-4-2-12(3-5-13)11-26-18(29)16-14(10-23-26)25(24-17(16)19(20,21)22)7-9-31-8-6-15(27)28/h2-5,10H,6-9,11H2,1H3,(H,27,28). The molecular formula is C19H19F3N4O5. The molecule has 0 aliphatic rings. The Labute approximate surface area is 173 Å². The second-order valence-corrected chi connectivity index (χ2v) is 6.54. The fraction of sp³-hybridized carbons (Fsp3) is 0.368. The van der Waals surface area contributed by atoms with Crippen molar-refractivity contribution in [3.63, 3.8) is 0 Å². The minimum absolute atomic E-state index is 0.0282. The van der Waals surface area contributed by atoms with Crippen LogP contribution in [0.2, 0.25) is 0 Å². The zero-order chi connectivity index (χ0) is 22.6. The van der Waals surface area contributed by atoms with Crippen LogP contribution in [-0.2, 0) is 28.8 Å². The van der Waals surface area contributed by atoms with E-state index in [4.69, 9.17) is 14.6 Å². The number of carboxylic acid groups (broad SMARTS) is 1. The predicted octanol–water partition coefficient (Wildman–Crippen LogP) is 2.16. The van der Waals surface area contributed by atoms with Gasteiger partial charge in [0.1, 0.15) is 11.1 Å². The quantitative estimate of drug-likeness (QED) is 0.508. The van der Waals surface area contributed by atoms with Gasteiger partial charge >= 0.3 is 12.1 Å². The van der Waals surface area contributed by atoms with Crippen LogP contribution in [0.1, 0.15) is 17.7 Å². The molecule has 0 radical (unpaired) electrons. The molecule has 0 spiro atoms. The van der Waals surface area contributed by atoms with Crippen LogP contribution in [0.3, 0.4) is 0 Å². The van der Waals surface area contributed by atoms with Crippen LogP contribution in [-0.4, -0.2) is 51.0 Å². The number of fused-ring (bicyclic) bond motifs is 1. The fourth-order valence-corrected chi connectivity index (χ4v) is 2.92. The molecule has 31 heavy (non-hydrogen) atoms. The molecule has 2 aromatic heterocycles. The molecule has 1 N–H and O–H groups in total. The number of hydrogen-bond acceptors (Lipinski definition) is 6. The van der Waals surface area contributed by atoms with Crippen LogP contribution in [0.25, 0.3) is 10.9 Å². The lowest BCUT2D eigenvalue weighted by Crippen LogP contribution is -2.25. The highest BCUT2D eigenvalue weighted by atomic mass is 19.4. The highest BCUT2D eigenvalue weighted by molar-refractivity contribution is 5.80. The topological polar surface area (TPSA) is 108 Å². The number of rotatable bonds is 9. The molecule has 9 nitrogen and oxygen atoms in total. The Hall–Kier alpha value is -3.41. The van der Waals surface area contributed by atoms with Crippen molar-refractivity contribution in [3.05, 3.63) is 52.1 Å². The Morgan fingerprint density at radius 1 is 1.16 bits per heavy atom. The molecule has 0 saturated heterocycles. The number of hydrogen-bond donors (Lipinski definition) is 1. The van der Waals surface area contributed by atoms with E-state index in [9.17, 15) is 22.8 Å². The van der Waals surface area contributed by atoms with Crippen molar-refractivity contribution in [2.24, 2.45) is 0 Å². The van der Waals surface area contributed by atoms with Crippen molar-refractivity contribution in [3.8, 4) is 5.75 Å². The summed E-state index contributed by atoms with van der Waals surface area (Å²) in [5.41, 5.74) is -1.64. The van der Waals surface area contributed by atoms with Crippen LogP contribution in [0.4, 0.5) is 13.2 Å². The summed E-state index contributed by atoms with van der Waals surface area (Å²) in [6.07, 6.45) is -3.92. The summed E-state index contributed by atoms with van der Waals surface area (Å²) in [6, 6.07) is 6.70. The number of alkyl halides is 3. The van der Waals surface area contributed by atoms with E-state index in [1.165, 1.54) is 7.11 Å². The monoisotopic (exact) mass is 440 g/mol. The first-order chi connectivity index (χ1) is 14.7. The number of benzene rings is 1. The van der Waals surface area contributed by atoms with Gasteiger partial charge in [-0.2, -0.15) is 23.4 Å². The fourth-order valence-electron chi connectivity index (χ4n) is 2.92. The third kappa shape index (κ3) is 5.20. The zero-order valence-corrected chi connectivity index (χ0v) is 16.4. The Morgan fingerprint density at radius 3 is 2.48 bits per heavy atom. The lowest BCUT2D eigenvalue weighted by Gasteiger charge is -2.07. The number of ether oxygens (including phenoxy) is 2. The molecule has 2 heterocycles. The summed E-state index contributed by atoms with van der Waals surface area (Å²) >= 11 is 0. The third-order valence-electron chi connectivity index (χ3n) is 4.43. The lowest BCUT2D eigenvalue weighted by molar-refractivity contribution is -0.141. The molecule has 0 aliphatic carbocycles. The lowest BCUT2D eigenvalue weighted by atomic mass is 10.2. The van der Waals surface area contributed by atoms with Gasteiger partial charge in [-0.3, -0.25) is 14.3 Å². The van der Waals surface area contributed by atoms with E-state index in [0.29, 0.717) is 11.3 Å². The zero-order valence-electron chi connectivity index (χ0n) is 16.4. The van der Waals surface area contributed by atoms with Crippen molar-refractivity contribution in [2.45, 2.75) is 25.7 Å². The molecular weight excluding hydrogens is 421 g/mol. The average molecular weight is 440 g/mol. The van der Waals surface area contributed by atoms with Gasteiger partial charge in [-0.25, -0.2) is 4.68 Å². The van der Waals surface area contributed by atoms with E-state index in [0.717, 1.165) is 15.6 Å². The summed E-state index contributed by atoms with van der Waals surface area (Å²) < 4.78 is 52.7. The largest absolute Gasteiger partial charge is 0.497 e.